The largest absolute Gasteiger partial charge is 0.486 e. The van der Waals surface area contributed by atoms with E-state index < -0.39 is 6.10 Å². The molecule has 13 heavy (non-hydrogen) atoms. The van der Waals surface area contributed by atoms with Crippen molar-refractivity contribution in [3.63, 3.8) is 0 Å². The predicted molar refractivity (Wildman–Crippen MR) is 48.5 cm³/mol. The van der Waals surface area contributed by atoms with Crippen molar-refractivity contribution in [1.82, 2.24) is 4.98 Å². The molecule has 1 aromatic rings. The van der Waals surface area contributed by atoms with Crippen LogP contribution in [0.3, 0.4) is 0 Å². The van der Waals surface area contributed by atoms with Crippen molar-refractivity contribution in [3.8, 4) is 5.75 Å². The molecule has 0 bridgehead atoms. The lowest BCUT2D eigenvalue weighted by molar-refractivity contribution is 0.0111. The van der Waals surface area contributed by atoms with Gasteiger partial charge in [-0.2, -0.15) is 0 Å². The number of fused-ring (bicyclic) bond motifs is 1. The fraction of sp³-hybridized carbons (Fsp3) is 0.500. The maximum absolute atomic E-state index is 9.79. The Labute approximate surface area is 77.4 Å². The quantitative estimate of drug-likeness (QED) is 0.658. The molecule has 2 heterocycles. The van der Waals surface area contributed by atoms with Crippen molar-refractivity contribution in [2.45, 2.75) is 32.0 Å². The minimum Gasteiger partial charge on any atom is -0.486 e. The van der Waals surface area contributed by atoms with Crippen molar-refractivity contribution < 1.29 is 9.84 Å². The van der Waals surface area contributed by atoms with E-state index in [4.69, 9.17) is 4.74 Å². The molecular weight excluding hydrogens is 166 g/mol. The Morgan fingerprint density at radius 3 is 3.15 bits per heavy atom. The van der Waals surface area contributed by atoms with Crippen LogP contribution >= 0.6 is 0 Å². The normalized spacial score (nSPS) is 24.7. The zero-order valence-electron chi connectivity index (χ0n) is 7.82. The molecule has 3 heteroatoms. The third kappa shape index (κ3) is 1.52. The van der Waals surface area contributed by atoms with Crippen LogP contribution < -0.4 is 4.74 Å². The molecule has 1 aliphatic heterocycles. The SMILES string of the molecule is CC1(C)CC(O)c2ccncc2O1. The van der Waals surface area contributed by atoms with Crippen LogP contribution in [-0.2, 0) is 0 Å². The van der Waals surface area contributed by atoms with Crippen molar-refractivity contribution in [2.24, 2.45) is 0 Å². The molecule has 2 rings (SSSR count). The van der Waals surface area contributed by atoms with E-state index in [9.17, 15) is 5.11 Å². The van der Waals surface area contributed by atoms with E-state index in [1.807, 2.05) is 13.8 Å². The molecule has 0 saturated carbocycles. The molecule has 0 saturated heterocycles. The number of aromatic nitrogens is 1. The molecular formula is C10H13NO2. The van der Waals surface area contributed by atoms with Crippen LogP contribution in [0.4, 0.5) is 0 Å². The number of rotatable bonds is 0. The highest BCUT2D eigenvalue weighted by Gasteiger charge is 2.32. The molecule has 1 aromatic heterocycles. The monoisotopic (exact) mass is 179 g/mol. The summed E-state index contributed by atoms with van der Waals surface area (Å²) in [6.45, 7) is 3.93. The summed E-state index contributed by atoms with van der Waals surface area (Å²) in [6, 6.07) is 1.80. The number of nitrogens with zero attached hydrogens (tertiary/aromatic N) is 1. The Bertz CT molecular complexity index is 322. The number of hydrogen-bond donors (Lipinski definition) is 1. The molecule has 0 radical (unpaired) electrons. The smallest absolute Gasteiger partial charge is 0.144 e. The van der Waals surface area contributed by atoms with Crippen molar-refractivity contribution in [2.75, 3.05) is 0 Å². The third-order valence-corrected chi connectivity index (χ3v) is 2.25. The molecule has 1 unspecified atom stereocenters. The van der Waals surface area contributed by atoms with Gasteiger partial charge in [-0.1, -0.05) is 0 Å². The fourth-order valence-electron chi connectivity index (χ4n) is 1.67. The van der Waals surface area contributed by atoms with Crippen LogP contribution in [0.25, 0.3) is 0 Å². The number of pyridine rings is 1. The lowest BCUT2D eigenvalue weighted by Gasteiger charge is -2.34. The first-order chi connectivity index (χ1) is 6.08. The minimum atomic E-state index is -0.429. The fourth-order valence-corrected chi connectivity index (χ4v) is 1.67. The number of hydrogen-bond acceptors (Lipinski definition) is 3. The van der Waals surface area contributed by atoms with Crippen LogP contribution in [0.15, 0.2) is 18.5 Å². The van der Waals surface area contributed by atoms with E-state index in [2.05, 4.69) is 4.98 Å². The molecule has 0 aromatic carbocycles. The van der Waals surface area contributed by atoms with E-state index in [0.717, 1.165) is 5.56 Å². The zero-order valence-corrected chi connectivity index (χ0v) is 7.82. The topological polar surface area (TPSA) is 42.4 Å². The highest BCUT2D eigenvalue weighted by atomic mass is 16.5. The highest BCUT2D eigenvalue weighted by molar-refractivity contribution is 5.34. The lowest BCUT2D eigenvalue weighted by Crippen LogP contribution is -2.34. The molecule has 1 atom stereocenters. The van der Waals surface area contributed by atoms with Gasteiger partial charge in [-0.3, -0.25) is 4.98 Å². The zero-order chi connectivity index (χ0) is 9.47. The average Bonchev–Trinajstić information content (AvgIpc) is 2.02. The Balaban J connectivity index is 2.43. The maximum Gasteiger partial charge on any atom is 0.144 e. The van der Waals surface area contributed by atoms with Crippen molar-refractivity contribution in [1.29, 1.82) is 0 Å². The van der Waals surface area contributed by atoms with Gasteiger partial charge in [-0.05, 0) is 19.9 Å². The Hall–Kier alpha value is -1.09. The molecule has 0 fully saturated rings. The van der Waals surface area contributed by atoms with Gasteiger partial charge in [0.1, 0.15) is 11.4 Å². The first kappa shape index (κ1) is 8.51. The Morgan fingerprint density at radius 2 is 2.38 bits per heavy atom. The van der Waals surface area contributed by atoms with Crippen LogP contribution in [0.5, 0.6) is 5.75 Å². The molecule has 0 spiro atoms. The lowest BCUT2D eigenvalue weighted by atomic mass is 9.93. The van der Waals surface area contributed by atoms with Gasteiger partial charge in [-0.25, -0.2) is 0 Å². The van der Waals surface area contributed by atoms with Gasteiger partial charge in [0.25, 0.3) is 0 Å². The van der Waals surface area contributed by atoms with Gasteiger partial charge in [0, 0.05) is 18.2 Å². The summed E-state index contributed by atoms with van der Waals surface area (Å²) in [7, 11) is 0. The van der Waals surface area contributed by atoms with E-state index in [-0.39, 0.29) is 5.60 Å². The first-order valence-electron chi connectivity index (χ1n) is 4.39. The number of ether oxygens (including phenoxy) is 1. The summed E-state index contributed by atoms with van der Waals surface area (Å²) >= 11 is 0. The van der Waals surface area contributed by atoms with Gasteiger partial charge in [-0.15, -0.1) is 0 Å². The van der Waals surface area contributed by atoms with Gasteiger partial charge < -0.3 is 9.84 Å². The molecule has 0 aliphatic carbocycles. The number of aliphatic hydroxyl groups excluding tert-OH is 1. The van der Waals surface area contributed by atoms with Crippen LogP contribution in [0, 0.1) is 0 Å². The summed E-state index contributed by atoms with van der Waals surface area (Å²) in [5.74, 6) is 0.700. The predicted octanol–water partition coefficient (Wildman–Crippen LogP) is 1.68. The average molecular weight is 179 g/mol. The van der Waals surface area contributed by atoms with E-state index in [1.165, 1.54) is 0 Å². The summed E-state index contributed by atoms with van der Waals surface area (Å²) in [5.41, 5.74) is 0.546. The molecule has 0 amide bonds. The summed E-state index contributed by atoms with van der Waals surface area (Å²) < 4.78 is 5.67. The second-order valence-corrected chi connectivity index (χ2v) is 4.00. The second kappa shape index (κ2) is 2.70. The van der Waals surface area contributed by atoms with Gasteiger partial charge in [0.15, 0.2) is 0 Å². The number of aliphatic hydroxyl groups is 1. The first-order valence-corrected chi connectivity index (χ1v) is 4.39. The maximum atomic E-state index is 9.79. The van der Waals surface area contributed by atoms with Crippen molar-refractivity contribution >= 4 is 0 Å². The van der Waals surface area contributed by atoms with Crippen LogP contribution in [0.2, 0.25) is 0 Å². The molecule has 1 N–H and O–H groups in total. The van der Waals surface area contributed by atoms with Gasteiger partial charge in [0.2, 0.25) is 0 Å². The van der Waals surface area contributed by atoms with E-state index in [0.29, 0.717) is 12.2 Å². The summed E-state index contributed by atoms with van der Waals surface area (Å²) in [4.78, 5) is 3.96. The summed E-state index contributed by atoms with van der Waals surface area (Å²) in [5, 5.41) is 9.79. The third-order valence-electron chi connectivity index (χ3n) is 2.25. The minimum absolute atomic E-state index is 0.296. The van der Waals surface area contributed by atoms with Crippen LogP contribution in [-0.4, -0.2) is 15.7 Å². The van der Waals surface area contributed by atoms with Crippen molar-refractivity contribution in [3.05, 3.63) is 24.0 Å². The van der Waals surface area contributed by atoms with E-state index >= 15 is 0 Å². The molecule has 3 nitrogen and oxygen atoms in total. The van der Waals surface area contributed by atoms with E-state index in [1.54, 1.807) is 18.5 Å². The Morgan fingerprint density at radius 1 is 1.62 bits per heavy atom. The van der Waals surface area contributed by atoms with Gasteiger partial charge in [0.05, 0.1) is 12.3 Å². The summed E-state index contributed by atoms with van der Waals surface area (Å²) in [6.07, 6.45) is 3.52. The Kier molecular flexibility index (Phi) is 1.77. The standard InChI is InChI=1S/C10H13NO2/c1-10(2)5-8(12)7-3-4-11-6-9(7)13-10/h3-4,6,8,12H,5H2,1-2H3. The second-order valence-electron chi connectivity index (χ2n) is 4.00. The van der Waals surface area contributed by atoms with Crippen LogP contribution in [0.1, 0.15) is 31.9 Å². The van der Waals surface area contributed by atoms with Gasteiger partial charge >= 0.3 is 0 Å². The molecule has 1 aliphatic rings. The highest BCUT2D eigenvalue weighted by Crippen LogP contribution is 2.38. The molecule has 70 valence electrons.